The molecule has 0 radical (unpaired) electrons. The minimum absolute atomic E-state index is 0.0136. The van der Waals surface area contributed by atoms with E-state index in [9.17, 15) is 13.6 Å². The van der Waals surface area contributed by atoms with Crippen molar-refractivity contribution in [2.75, 3.05) is 20.2 Å². The molecule has 5 heteroatoms. The van der Waals surface area contributed by atoms with Crippen LogP contribution in [-0.2, 0) is 11.2 Å². The van der Waals surface area contributed by atoms with Gasteiger partial charge in [0.25, 0.3) is 0 Å². The number of carbonyl (C=O) groups excluding carboxylic acids is 1. The summed E-state index contributed by atoms with van der Waals surface area (Å²) in [5.41, 5.74) is 0.374. The molecule has 0 unspecified atom stereocenters. The van der Waals surface area contributed by atoms with Gasteiger partial charge in [-0.2, -0.15) is 0 Å². The van der Waals surface area contributed by atoms with Crippen molar-refractivity contribution < 1.29 is 18.3 Å². The van der Waals surface area contributed by atoms with Gasteiger partial charge in [-0.1, -0.05) is 18.2 Å². The van der Waals surface area contributed by atoms with Gasteiger partial charge < -0.3 is 9.64 Å². The predicted octanol–water partition coefficient (Wildman–Crippen LogP) is 3.04. The minimum atomic E-state index is -0.383. The highest BCUT2D eigenvalue weighted by Gasteiger charge is 2.12. The summed E-state index contributed by atoms with van der Waals surface area (Å²) in [4.78, 5) is 13.5. The van der Waals surface area contributed by atoms with Crippen molar-refractivity contribution in [1.82, 2.24) is 4.90 Å². The molecule has 0 fully saturated rings. The Labute approximate surface area is 128 Å². The molecule has 22 heavy (non-hydrogen) atoms. The molecule has 0 heterocycles. The Bertz CT molecular complexity index is 629. The predicted molar refractivity (Wildman–Crippen MR) is 79.6 cm³/mol. The van der Waals surface area contributed by atoms with E-state index in [1.165, 1.54) is 35.2 Å². The summed E-state index contributed by atoms with van der Waals surface area (Å²) in [7, 11) is 1.64. The number of amides is 1. The van der Waals surface area contributed by atoms with Gasteiger partial charge in [0, 0.05) is 7.05 Å². The van der Waals surface area contributed by atoms with E-state index in [1.54, 1.807) is 25.2 Å². The van der Waals surface area contributed by atoms with Crippen LogP contribution >= 0.6 is 0 Å². The molecular weight excluding hydrogens is 288 g/mol. The molecule has 0 saturated carbocycles. The largest absolute Gasteiger partial charge is 0.492 e. The lowest BCUT2D eigenvalue weighted by Crippen LogP contribution is -2.32. The Morgan fingerprint density at radius 2 is 1.77 bits per heavy atom. The number of benzene rings is 2. The monoisotopic (exact) mass is 305 g/mol. The zero-order valence-electron chi connectivity index (χ0n) is 12.3. The first kappa shape index (κ1) is 15.9. The summed E-state index contributed by atoms with van der Waals surface area (Å²) in [6.45, 7) is 0.649. The van der Waals surface area contributed by atoms with E-state index in [4.69, 9.17) is 4.74 Å². The first-order chi connectivity index (χ1) is 10.6. The van der Waals surface area contributed by atoms with Gasteiger partial charge >= 0.3 is 0 Å². The molecule has 2 aromatic carbocycles. The molecule has 2 rings (SSSR count). The summed E-state index contributed by atoms with van der Waals surface area (Å²) in [6.07, 6.45) is 0.0136. The molecule has 0 aliphatic heterocycles. The number of hydrogen-bond acceptors (Lipinski definition) is 2. The van der Waals surface area contributed by atoms with E-state index in [-0.39, 0.29) is 30.6 Å². The van der Waals surface area contributed by atoms with E-state index in [0.717, 1.165) is 0 Å². The van der Waals surface area contributed by atoms with Crippen LogP contribution in [0.25, 0.3) is 0 Å². The highest BCUT2D eigenvalue weighted by atomic mass is 19.1. The smallest absolute Gasteiger partial charge is 0.226 e. The lowest BCUT2D eigenvalue weighted by Gasteiger charge is -2.17. The Morgan fingerprint density at radius 3 is 2.45 bits per heavy atom. The standard InChI is InChI=1S/C17H17F2NO2/c1-20(10-11-22-15-8-6-14(18)7-9-15)17(21)12-13-4-2-3-5-16(13)19/h2-9H,10-12H2,1H3. The van der Waals surface area contributed by atoms with Gasteiger partial charge in [-0.3, -0.25) is 4.79 Å². The van der Waals surface area contributed by atoms with Crippen LogP contribution in [0.15, 0.2) is 48.5 Å². The maximum absolute atomic E-state index is 13.5. The van der Waals surface area contributed by atoms with Crippen molar-refractivity contribution in [2.45, 2.75) is 6.42 Å². The molecule has 0 saturated heterocycles. The van der Waals surface area contributed by atoms with Gasteiger partial charge in [0.05, 0.1) is 13.0 Å². The van der Waals surface area contributed by atoms with Gasteiger partial charge in [-0.15, -0.1) is 0 Å². The highest BCUT2D eigenvalue weighted by molar-refractivity contribution is 5.78. The van der Waals surface area contributed by atoms with Crippen molar-refractivity contribution in [1.29, 1.82) is 0 Å². The number of rotatable bonds is 6. The van der Waals surface area contributed by atoms with E-state index < -0.39 is 0 Å². The van der Waals surface area contributed by atoms with Crippen LogP contribution in [0, 0.1) is 11.6 Å². The van der Waals surface area contributed by atoms with Gasteiger partial charge in [0.1, 0.15) is 24.0 Å². The van der Waals surface area contributed by atoms with Crippen LogP contribution in [0.4, 0.5) is 8.78 Å². The fourth-order valence-corrected chi connectivity index (χ4v) is 1.90. The van der Waals surface area contributed by atoms with Crippen LogP contribution in [0.5, 0.6) is 5.75 Å². The van der Waals surface area contributed by atoms with Gasteiger partial charge in [0.15, 0.2) is 0 Å². The highest BCUT2D eigenvalue weighted by Crippen LogP contribution is 2.11. The SMILES string of the molecule is CN(CCOc1ccc(F)cc1)C(=O)Cc1ccccc1F. The molecule has 0 N–H and O–H groups in total. The van der Waals surface area contributed by atoms with Gasteiger partial charge in [0.2, 0.25) is 5.91 Å². The van der Waals surface area contributed by atoms with Crippen molar-refractivity contribution >= 4 is 5.91 Å². The number of carbonyl (C=O) groups is 1. The molecule has 0 aliphatic rings. The molecule has 0 atom stereocenters. The summed E-state index contributed by atoms with van der Waals surface area (Å²) < 4.78 is 31.7. The fourth-order valence-electron chi connectivity index (χ4n) is 1.90. The fraction of sp³-hybridized carbons (Fsp3) is 0.235. The minimum Gasteiger partial charge on any atom is -0.492 e. The van der Waals surface area contributed by atoms with Crippen LogP contribution in [-0.4, -0.2) is 31.0 Å². The van der Waals surface area contributed by atoms with Crippen molar-refractivity contribution in [3.8, 4) is 5.75 Å². The van der Waals surface area contributed by atoms with Crippen LogP contribution < -0.4 is 4.74 Å². The second-order valence-electron chi connectivity index (χ2n) is 4.89. The molecule has 3 nitrogen and oxygen atoms in total. The quantitative estimate of drug-likeness (QED) is 0.821. The Hall–Kier alpha value is -2.43. The topological polar surface area (TPSA) is 29.5 Å². The van der Waals surface area contributed by atoms with E-state index in [1.807, 2.05) is 0 Å². The lowest BCUT2D eigenvalue weighted by molar-refractivity contribution is -0.129. The maximum atomic E-state index is 13.5. The average Bonchev–Trinajstić information content (AvgIpc) is 2.51. The molecule has 1 amide bonds. The average molecular weight is 305 g/mol. The number of hydrogen-bond donors (Lipinski definition) is 0. The zero-order chi connectivity index (χ0) is 15.9. The first-order valence-electron chi connectivity index (χ1n) is 6.92. The Kier molecular flexibility index (Phi) is 5.47. The van der Waals surface area contributed by atoms with Gasteiger partial charge in [-0.25, -0.2) is 8.78 Å². The number of halogens is 2. The molecule has 0 aromatic heterocycles. The van der Waals surface area contributed by atoms with E-state index >= 15 is 0 Å². The van der Waals surface area contributed by atoms with Crippen molar-refractivity contribution in [2.24, 2.45) is 0 Å². The summed E-state index contributed by atoms with van der Waals surface area (Å²) in [5.74, 6) is -0.361. The molecule has 0 spiro atoms. The molecule has 2 aromatic rings. The van der Waals surface area contributed by atoms with Crippen LogP contribution in [0.1, 0.15) is 5.56 Å². The third-order valence-electron chi connectivity index (χ3n) is 3.23. The number of likely N-dealkylation sites (N-methyl/N-ethyl adjacent to an activating group) is 1. The van der Waals surface area contributed by atoms with E-state index in [2.05, 4.69) is 0 Å². The number of ether oxygens (including phenoxy) is 1. The van der Waals surface area contributed by atoms with E-state index in [0.29, 0.717) is 17.9 Å². The third kappa shape index (κ3) is 4.55. The number of nitrogens with zero attached hydrogens (tertiary/aromatic N) is 1. The third-order valence-corrected chi connectivity index (χ3v) is 3.23. The normalized spacial score (nSPS) is 10.3. The molecular formula is C17H17F2NO2. The zero-order valence-corrected chi connectivity index (χ0v) is 12.3. The van der Waals surface area contributed by atoms with Crippen LogP contribution in [0.2, 0.25) is 0 Å². The molecule has 0 aliphatic carbocycles. The molecule has 0 bridgehead atoms. The lowest BCUT2D eigenvalue weighted by atomic mass is 10.1. The van der Waals surface area contributed by atoms with Crippen molar-refractivity contribution in [3.05, 3.63) is 65.7 Å². The van der Waals surface area contributed by atoms with Crippen LogP contribution in [0.3, 0.4) is 0 Å². The van der Waals surface area contributed by atoms with Crippen molar-refractivity contribution in [3.63, 3.8) is 0 Å². The summed E-state index contributed by atoms with van der Waals surface area (Å²) >= 11 is 0. The second kappa shape index (κ2) is 7.54. The second-order valence-corrected chi connectivity index (χ2v) is 4.89. The summed E-state index contributed by atoms with van der Waals surface area (Å²) in [6, 6.07) is 11.9. The Morgan fingerprint density at radius 1 is 1.09 bits per heavy atom. The first-order valence-corrected chi connectivity index (χ1v) is 6.92. The molecule has 116 valence electrons. The summed E-state index contributed by atoms with van der Waals surface area (Å²) in [5, 5.41) is 0. The maximum Gasteiger partial charge on any atom is 0.226 e. The van der Waals surface area contributed by atoms with Gasteiger partial charge in [-0.05, 0) is 35.9 Å². The Balaban J connectivity index is 1.79.